The van der Waals surface area contributed by atoms with E-state index in [2.05, 4.69) is 6.58 Å². The number of carbonyl (C=O) groups excluding carboxylic acids is 2. The van der Waals surface area contributed by atoms with Gasteiger partial charge in [0.15, 0.2) is 0 Å². The smallest absolute Gasteiger partial charge is 0.411 e. The Balaban J connectivity index is 3.18. The fourth-order valence-corrected chi connectivity index (χ4v) is 2.93. The average Bonchev–Trinajstić information content (AvgIpc) is 2.69. The minimum Gasteiger partial charge on any atom is -0.467 e. The number of likely N-dealkylation sites (tertiary alicyclic amines) is 1. The molecular formula is C16H27NO5. The van der Waals surface area contributed by atoms with E-state index in [1.54, 1.807) is 34.0 Å². The van der Waals surface area contributed by atoms with Crippen LogP contribution in [0.4, 0.5) is 4.79 Å². The number of esters is 1. The molecule has 0 spiro atoms. The Hall–Kier alpha value is -1.56. The third-order valence-corrected chi connectivity index (χ3v) is 3.96. The highest BCUT2D eigenvalue weighted by molar-refractivity contribution is 5.83. The quantitative estimate of drug-likeness (QED) is 0.589. The highest BCUT2D eigenvalue weighted by Gasteiger charge is 2.57. The minimum atomic E-state index is -0.768. The zero-order valence-electron chi connectivity index (χ0n) is 14.3. The fraction of sp³-hybridized carbons (Fsp3) is 0.750. The van der Waals surface area contributed by atoms with Gasteiger partial charge in [-0.3, -0.25) is 4.90 Å². The molecule has 0 unspecified atom stereocenters. The molecule has 0 aromatic rings. The Bertz CT molecular complexity index is 442. The molecule has 1 heterocycles. The highest BCUT2D eigenvalue weighted by atomic mass is 16.6. The molecule has 1 fully saturated rings. The SMILES string of the molecule is C=CC[C@]1(C)[C@@H](OC)CN(C(=O)OC(C)(C)C)[C@@H]1C(=O)OC. The topological polar surface area (TPSA) is 65.1 Å². The summed E-state index contributed by atoms with van der Waals surface area (Å²) in [7, 11) is 2.88. The number of methoxy groups -OCH3 is 2. The normalized spacial score (nSPS) is 28.4. The van der Waals surface area contributed by atoms with Gasteiger partial charge in [-0.1, -0.05) is 13.0 Å². The number of nitrogens with zero attached hydrogens (tertiary/aromatic N) is 1. The second-order valence-electron chi connectivity index (χ2n) is 6.78. The maximum absolute atomic E-state index is 12.5. The summed E-state index contributed by atoms with van der Waals surface area (Å²) in [5, 5.41) is 0. The summed E-state index contributed by atoms with van der Waals surface area (Å²) in [5.74, 6) is -0.477. The lowest BCUT2D eigenvalue weighted by atomic mass is 9.77. The average molecular weight is 313 g/mol. The summed E-state index contributed by atoms with van der Waals surface area (Å²) in [6.07, 6.45) is 1.39. The first kappa shape index (κ1) is 18.5. The molecule has 126 valence electrons. The molecule has 0 saturated carbocycles. The zero-order valence-corrected chi connectivity index (χ0v) is 14.3. The Morgan fingerprint density at radius 1 is 1.36 bits per heavy atom. The molecule has 1 rings (SSSR count). The van der Waals surface area contributed by atoms with Crippen molar-refractivity contribution in [2.24, 2.45) is 5.41 Å². The Morgan fingerprint density at radius 2 is 1.95 bits per heavy atom. The van der Waals surface area contributed by atoms with Gasteiger partial charge in [-0.25, -0.2) is 9.59 Å². The molecule has 0 bridgehead atoms. The molecule has 3 atom stereocenters. The van der Waals surface area contributed by atoms with Gasteiger partial charge in [0.25, 0.3) is 0 Å². The van der Waals surface area contributed by atoms with Crippen molar-refractivity contribution in [3.05, 3.63) is 12.7 Å². The fourth-order valence-electron chi connectivity index (χ4n) is 2.93. The van der Waals surface area contributed by atoms with Crippen molar-refractivity contribution in [2.45, 2.75) is 51.9 Å². The number of ether oxygens (including phenoxy) is 3. The van der Waals surface area contributed by atoms with Crippen LogP contribution in [0.2, 0.25) is 0 Å². The predicted octanol–water partition coefficient (Wildman–Crippen LogP) is 2.38. The molecule has 0 aliphatic carbocycles. The standard InChI is InChI=1S/C16H27NO5/c1-8-9-16(5)11(20-6)10-17(12(16)13(18)21-7)14(19)22-15(2,3)4/h8,11-12H,1,9-10H2,2-7H3/t11-,12+,16+/m0/s1. The van der Waals surface area contributed by atoms with Gasteiger partial charge in [0, 0.05) is 12.5 Å². The van der Waals surface area contributed by atoms with Crippen LogP contribution in [0.1, 0.15) is 34.1 Å². The maximum atomic E-state index is 12.5. The van der Waals surface area contributed by atoms with Crippen molar-refractivity contribution < 1.29 is 23.8 Å². The Kier molecular flexibility index (Phi) is 5.62. The van der Waals surface area contributed by atoms with Crippen molar-refractivity contribution in [1.29, 1.82) is 0 Å². The van der Waals surface area contributed by atoms with Crippen LogP contribution in [0.3, 0.4) is 0 Å². The largest absolute Gasteiger partial charge is 0.467 e. The van der Waals surface area contributed by atoms with Gasteiger partial charge in [0.2, 0.25) is 0 Å². The molecule has 1 aliphatic rings. The van der Waals surface area contributed by atoms with E-state index in [0.717, 1.165) is 0 Å². The van der Waals surface area contributed by atoms with Gasteiger partial charge in [-0.15, -0.1) is 6.58 Å². The molecule has 0 N–H and O–H groups in total. The number of amides is 1. The van der Waals surface area contributed by atoms with E-state index < -0.39 is 29.1 Å². The first-order chi connectivity index (χ1) is 10.1. The first-order valence-electron chi connectivity index (χ1n) is 7.32. The van der Waals surface area contributed by atoms with E-state index >= 15 is 0 Å². The van der Waals surface area contributed by atoms with Crippen LogP contribution in [0.25, 0.3) is 0 Å². The third kappa shape index (κ3) is 3.61. The van der Waals surface area contributed by atoms with Gasteiger partial charge in [-0.2, -0.15) is 0 Å². The van der Waals surface area contributed by atoms with E-state index in [9.17, 15) is 9.59 Å². The van der Waals surface area contributed by atoms with Crippen LogP contribution in [0.5, 0.6) is 0 Å². The van der Waals surface area contributed by atoms with E-state index in [-0.39, 0.29) is 12.6 Å². The predicted molar refractivity (Wildman–Crippen MR) is 82.5 cm³/mol. The van der Waals surface area contributed by atoms with Gasteiger partial charge >= 0.3 is 12.1 Å². The summed E-state index contributed by atoms with van der Waals surface area (Å²) >= 11 is 0. The molecule has 6 nitrogen and oxygen atoms in total. The van der Waals surface area contributed by atoms with Gasteiger partial charge in [-0.05, 0) is 27.2 Å². The zero-order chi connectivity index (χ0) is 17.1. The van der Waals surface area contributed by atoms with Crippen LogP contribution in [0.15, 0.2) is 12.7 Å². The number of allylic oxidation sites excluding steroid dienone is 1. The minimum absolute atomic E-state index is 0.273. The third-order valence-electron chi connectivity index (χ3n) is 3.96. The van der Waals surface area contributed by atoms with E-state index in [1.165, 1.54) is 12.0 Å². The summed E-state index contributed by atoms with van der Waals surface area (Å²) in [5.41, 5.74) is -1.25. The molecule has 6 heteroatoms. The molecular weight excluding hydrogens is 286 g/mol. The van der Waals surface area contributed by atoms with Crippen LogP contribution >= 0.6 is 0 Å². The molecule has 0 aromatic heterocycles. The number of hydrogen-bond acceptors (Lipinski definition) is 5. The first-order valence-corrected chi connectivity index (χ1v) is 7.32. The lowest BCUT2D eigenvalue weighted by Gasteiger charge is -2.34. The van der Waals surface area contributed by atoms with E-state index in [0.29, 0.717) is 6.42 Å². The van der Waals surface area contributed by atoms with Gasteiger partial charge in [0.05, 0.1) is 19.8 Å². The summed E-state index contributed by atoms with van der Waals surface area (Å²) in [6, 6.07) is -0.768. The molecule has 1 saturated heterocycles. The van der Waals surface area contributed by atoms with Crippen molar-refractivity contribution >= 4 is 12.1 Å². The number of hydrogen-bond donors (Lipinski definition) is 0. The second-order valence-corrected chi connectivity index (χ2v) is 6.78. The summed E-state index contributed by atoms with van der Waals surface area (Å²) < 4.78 is 15.8. The molecule has 22 heavy (non-hydrogen) atoms. The monoisotopic (exact) mass is 313 g/mol. The van der Waals surface area contributed by atoms with Gasteiger partial charge < -0.3 is 14.2 Å². The van der Waals surface area contributed by atoms with E-state index in [4.69, 9.17) is 14.2 Å². The second kappa shape index (κ2) is 6.69. The molecule has 0 aromatic carbocycles. The van der Waals surface area contributed by atoms with Gasteiger partial charge in [0.1, 0.15) is 11.6 Å². The lowest BCUT2D eigenvalue weighted by Crippen LogP contribution is -2.49. The number of carbonyl (C=O) groups is 2. The molecule has 1 amide bonds. The van der Waals surface area contributed by atoms with Crippen molar-refractivity contribution in [2.75, 3.05) is 20.8 Å². The Labute approximate surface area is 132 Å². The van der Waals surface area contributed by atoms with Crippen LogP contribution in [-0.4, -0.2) is 55.5 Å². The highest BCUT2D eigenvalue weighted by Crippen LogP contribution is 2.42. The Morgan fingerprint density at radius 3 is 2.36 bits per heavy atom. The summed E-state index contributed by atoms with van der Waals surface area (Å²) in [6.45, 7) is 11.3. The number of rotatable bonds is 4. The van der Waals surface area contributed by atoms with Crippen molar-refractivity contribution in [3.63, 3.8) is 0 Å². The summed E-state index contributed by atoms with van der Waals surface area (Å²) in [4.78, 5) is 26.1. The van der Waals surface area contributed by atoms with Crippen molar-refractivity contribution in [1.82, 2.24) is 4.90 Å². The van der Waals surface area contributed by atoms with Crippen LogP contribution < -0.4 is 0 Å². The van der Waals surface area contributed by atoms with Crippen molar-refractivity contribution in [3.8, 4) is 0 Å². The van der Waals surface area contributed by atoms with Crippen LogP contribution in [0, 0.1) is 5.41 Å². The molecule has 0 radical (unpaired) electrons. The molecule has 1 aliphatic heterocycles. The maximum Gasteiger partial charge on any atom is 0.411 e. The van der Waals surface area contributed by atoms with E-state index in [1.807, 2.05) is 6.92 Å². The van der Waals surface area contributed by atoms with Crippen LogP contribution in [-0.2, 0) is 19.0 Å². The lowest BCUT2D eigenvalue weighted by molar-refractivity contribution is -0.150.